The summed E-state index contributed by atoms with van der Waals surface area (Å²) < 4.78 is 10.5. The second kappa shape index (κ2) is 5.82. The van der Waals surface area contributed by atoms with E-state index in [1.54, 1.807) is 6.07 Å². The van der Waals surface area contributed by atoms with Gasteiger partial charge in [0, 0.05) is 6.07 Å². The molecule has 7 heteroatoms. The molecule has 7 nitrogen and oxygen atoms in total. The van der Waals surface area contributed by atoms with E-state index in [2.05, 4.69) is 0 Å². The van der Waals surface area contributed by atoms with E-state index in [1.807, 2.05) is 13.8 Å². The first-order valence-corrected chi connectivity index (χ1v) is 6.59. The van der Waals surface area contributed by atoms with Crippen LogP contribution in [0.25, 0.3) is 11.0 Å². The van der Waals surface area contributed by atoms with Crippen LogP contribution in [0.1, 0.15) is 25.8 Å². The van der Waals surface area contributed by atoms with Gasteiger partial charge in [-0.1, -0.05) is 13.8 Å². The predicted octanol–water partition coefficient (Wildman–Crippen LogP) is 2.76. The fraction of sp³-hybridized carbons (Fsp3) is 0.357. The van der Waals surface area contributed by atoms with Crippen LogP contribution in [-0.4, -0.2) is 16.6 Å². The summed E-state index contributed by atoms with van der Waals surface area (Å²) >= 11 is 0. The topological polar surface area (TPSA) is 103 Å². The smallest absolute Gasteiger partial charge is 0.419 e. The lowest BCUT2D eigenvalue weighted by Crippen LogP contribution is -2.07. The second-order valence-corrected chi connectivity index (χ2v) is 4.50. The highest BCUT2D eigenvalue weighted by molar-refractivity contribution is 5.88. The van der Waals surface area contributed by atoms with Gasteiger partial charge in [-0.3, -0.25) is 10.1 Å². The van der Waals surface area contributed by atoms with Crippen molar-refractivity contribution in [3.05, 3.63) is 38.2 Å². The maximum absolute atomic E-state index is 11.6. The van der Waals surface area contributed by atoms with Crippen LogP contribution in [0.3, 0.4) is 0 Å². The Kier molecular flexibility index (Phi) is 4.11. The minimum Gasteiger partial charge on any atom is -0.501 e. The molecule has 1 aromatic heterocycles. The summed E-state index contributed by atoms with van der Waals surface area (Å²) in [5.74, 6) is -0.133. The Labute approximate surface area is 119 Å². The number of aryl methyl sites for hydroxylation is 1. The lowest BCUT2D eigenvalue weighted by Gasteiger charge is -2.11. The van der Waals surface area contributed by atoms with Crippen molar-refractivity contribution in [1.29, 1.82) is 0 Å². The number of rotatable bonds is 5. The number of ether oxygens (including phenoxy) is 1. The fourth-order valence-corrected chi connectivity index (χ4v) is 2.03. The standard InChI is InChI=1S/C14H15NO6/c1-3-5-20-10-7-11-9(6-8(10)4-2)13(16)12(15(18)19)14(17)21-11/h6-7,16H,3-5H2,1-2H3. The van der Waals surface area contributed by atoms with Gasteiger partial charge in [0.25, 0.3) is 0 Å². The van der Waals surface area contributed by atoms with E-state index in [0.29, 0.717) is 18.8 Å². The van der Waals surface area contributed by atoms with Gasteiger partial charge >= 0.3 is 11.3 Å². The summed E-state index contributed by atoms with van der Waals surface area (Å²) in [5.41, 5.74) is -1.30. The fourth-order valence-electron chi connectivity index (χ4n) is 2.03. The van der Waals surface area contributed by atoms with E-state index in [-0.39, 0.29) is 11.0 Å². The molecule has 21 heavy (non-hydrogen) atoms. The monoisotopic (exact) mass is 293 g/mol. The minimum atomic E-state index is -1.18. The maximum atomic E-state index is 11.6. The van der Waals surface area contributed by atoms with Crippen molar-refractivity contribution in [3.63, 3.8) is 0 Å². The zero-order valence-corrected chi connectivity index (χ0v) is 11.7. The quantitative estimate of drug-likeness (QED) is 0.516. The molecule has 2 rings (SSSR count). The molecule has 2 aromatic rings. The molecule has 0 saturated carbocycles. The van der Waals surface area contributed by atoms with Crippen LogP contribution in [0.15, 0.2) is 21.3 Å². The van der Waals surface area contributed by atoms with Crippen LogP contribution in [0, 0.1) is 10.1 Å². The number of aromatic hydroxyl groups is 1. The Morgan fingerprint density at radius 3 is 2.67 bits per heavy atom. The largest absolute Gasteiger partial charge is 0.501 e. The molecule has 0 radical (unpaired) electrons. The van der Waals surface area contributed by atoms with Gasteiger partial charge in [0.15, 0.2) is 0 Å². The number of nitro groups is 1. The Morgan fingerprint density at radius 1 is 1.38 bits per heavy atom. The molecule has 0 spiro atoms. The van der Waals surface area contributed by atoms with Crippen molar-refractivity contribution in [2.45, 2.75) is 26.7 Å². The normalized spacial score (nSPS) is 10.8. The number of benzene rings is 1. The Balaban J connectivity index is 2.72. The Hall–Kier alpha value is -2.57. The molecule has 0 amide bonds. The van der Waals surface area contributed by atoms with Gasteiger partial charge in [0.2, 0.25) is 5.75 Å². The number of nitrogens with zero attached hydrogens (tertiary/aromatic N) is 1. The molecule has 0 bridgehead atoms. The summed E-state index contributed by atoms with van der Waals surface area (Å²) in [4.78, 5) is 21.4. The first-order valence-electron chi connectivity index (χ1n) is 6.59. The molecule has 1 aromatic carbocycles. The molecule has 1 N–H and O–H groups in total. The van der Waals surface area contributed by atoms with Crippen molar-refractivity contribution in [2.24, 2.45) is 0 Å². The van der Waals surface area contributed by atoms with Crippen LogP contribution in [-0.2, 0) is 6.42 Å². The molecule has 0 aliphatic heterocycles. The van der Waals surface area contributed by atoms with Crippen molar-refractivity contribution in [1.82, 2.24) is 0 Å². The summed E-state index contributed by atoms with van der Waals surface area (Å²) in [5, 5.41) is 20.9. The van der Waals surface area contributed by atoms with Crippen molar-refractivity contribution < 1.29 is 19.2 Å². The number of hydrogen-bond acceptors (Lipinski definition) is 6. The zero-order chi connectivity index (χ0) is 15.6. The maximum Gasteiger partial charge on any atom is 0.419 e. The third-order valence-corrected chi connectivity index (χ3v) is 3.06. The van der Waals surface area contributed by atoms with E-state index in [0.717, 1.165) is 12.0 Å². The predicted molar refractivity (Wildman–Crippen MR) is 76.0 cm³/mol. The van der Waals surface area contributed by atoms with Gasteiger partial charge < -0.3 is 14.3 Å². The average molecular weight is 293 g/mol. The molecule has 112 valence electrons. The Bertz CT molecular complexity index is 749. The molecular weight excluding hydrogens is 278 g/mol. The van der Waals surface area contributed by atoms with Gasteiger partial charge in [-0.05, 0) is 24.5 Å². The third kappa shape index (κ3) is 2.67. The summed E-state index contributed by atoms with van der Waals surface area (Å²) in [6.45, 7) is 4.36. The van der Waals surface area contributed by atoms with Crippen LogP contribution in [0.4, 0.5) is 5.69 Å². The van der Waals surface area contributed by atoms with Gasteiger partial charge in [-0.15, -0.1) is 0 Å². The third-order valence-electron chi connectivity index (χ3n) is 3.06. The van der Waals surface area contributed by atoms with Crippen LogP contribution < -0.4 is 10.4 Å². The van der Waals surface area contributed by atoms with Crippen LogP contribution in [0.5, 0.6) is 11.5 Å². The van der Waals surface area contributed by atoms with Gasteiger partial charge in [-0.25, -0.2) is 4.79 Å². The summed E-state index contributed by atoms with van der Waals surface area (Å²) in [6.07, 6.45) is 1.43. The van der Waals surface area contributed by atoms with E-state index >= 15 is 0 Å². The molecule has 0 aliphatic carbocycles. The SMILES string of the molecule is CCCOc1cc2oc(=O)c([N+](=O)[O-])c(O)c2cc1CC. The van der Waals surface area contributed by atoms with E-state index < -0.39 is 22.0 Å². The summed E-state index contributed by atoms with van der Waals surface area (Å²) in [6, 6.07) is 3.03. The molecule has 0 unspecified atom stereocenters. The first kappa shape index (κ1) is 14.8. The lowest BCUT2D eigenvalue weighted by molar-refractivity contribution is -0.388. The molecule has 1 heterocycles. The second-order valence-electron chi connectivity index (χ2n) is 4.50. The van der Waals surface area contributed by atoms with Crippen LogP contribution in [0.2, 0.25) is 0 Å². The van der Waals surface area contributed by atoms with E-state index in [9.17, 15) is 20.0 Å². The van der Waals surface area contributed by atoms with Gasteiger partial charge in [0.1, 0.15) is 11.3 Å². The number of fused-ring (bicyclic) bond motifs is 1. The number of hydrogen-bond donors (Lipinski definition) is 1. The average Bonchev–Trinajstić information content (AvgIpc) is 2.43. The van der Waals surface area contributed by atoms with Crippen molar-refractivity contribution >= 4 is 16.7 Å². The summed E-state index contributed by atoms with van der Waals surface area (Å²) in [7, 11) is 0. The van der Waals surface area contributed by atoms with E-state index in [1.165, 1.54) is 6.07 Å². The molecule has 0 atom stereocenters. The molecule has 0 saturated heterocycles. The lowest BCUT2D eigenvalue weighted by atomic mass is 10.1. The highest BCUT2D eigenvalue weighted by Gasteiger charge is 2.25. The molecular formula is C14H15NO6. The molecule has 0 aliphatic rings. The zero-order valence-electron chi connectivity index (χ0n) is 11.7. The highest BCUT2D eigenvalue weighted by atomic mass is 16.6. The van der Waals surface area contributed by atoms with Crippen LogP contribution >= 0.6 is 0 Å². The first-order chi connectivity index (χ1) is 9.99. The van der Waals surface area contributed by atoms with Crippen molar-refractivity contribution in [3.8, 4) is 11.5 Å². The minimum absolute atomic E-state index is 0.0615. The van der Waals surface area contributed by atoms with Crippen molar-refractivity contribution in [2.75, 3.05) is 6.61 Å². The Morgan fingerprint density at radius 2 is 2.10 bits per heavy atom. The van der Waals surface area contributed by atoms with E-state index in [4.69, 9.17) is 9.15 Å². The molecule has 0 fully saturated rings. The van der Waals surface area contributed by atoms with Gasteiger partial charge in [0.05, 0.1) is 16.9 Å². The highest BCUT2D eigenvalue weighted by Crippen LogP contribution is 2.35. The van der Waals surface area contributed by atoms with Gasteiger partial charge in [-0.2, -0.15) is 0 Å².